The molecule has 2 nitrogen and oxygen atoms in total. The number of rotatable bonds is 3. The van der Waals surface area contributed by atoms with Gasteiger partial charge in [-0.2, -0.15) is 0 Å². The Morgan fingerprint density at radius 1 is 1.10 bits per heavy atom. The fraction of sp³-hybridized carbons (Fsp3) is 0.133. The highest BCUT2D eigenvalue weighted by atomic mass is 19.2. The van der Waals surface area contributed by atoms with Crippen molar-refractivity contribution in [2.75, 3.05) is 0 Å². The van der Waals surface area contributed by atoms with Gasteiger partial charge in [-0.05, 0) is 36.2 Å². The van der Waals surface area contributed by atoms with Gasteiger partial charge in [-0.15, -0.1) is 0 Å². The molecule has 0 aliphatic heterocycles. The summed E-state index contributed by atoms with van der Waals surface area (Å²) in [5, 5.41) is 2.46. The number of carbonyl (C=O) groups is 1. The van der Waals surface area contributed by atoms with E-state index in [1.165, 1.54) is 12.1 Å². The molecule has 0 aromatic heterocycles. The van der Waals surface area contributed by atoms with Crippen molar-refractivity contribution in [3.8, 4) is 0 Å². The number of benzene rings is 2. The van der Waals surface area contributed by atoms with Crippen LogP contribution in [0.4, 0.5) is 13.2 Å². The molecule has 0 saturated carbocycles. The van der Waals surface area contributed by atoms with Crippen molar-refractivity contribution in [2.45, 2.75) is 13.5 Å². The minimum atomic E-state index is -0.988. The number of carbonyl (C=O) groups excluding carboxylic acids is 1. The average Bonchev–Trinajstić information content (AvgIpc) is 2.43. The molecule has 2 aromatic carbocycles. The summed E-state index contributed by atoms with van der Waals surface area (Å²) in [6.45, 7) is 1.55. The van der Waals surface area contributed by atoms with E-state index < -0.39 is 23.4 Å². The van der Waals surface area contributed by atoms with Gasteiger partial charge in [0.05, 0.1) is 5.56 Å². The Morgan fingerprint density at radius 2 is 1.85 bits per heavy atom. The number of aryl methyl sites for hydroxylation is 1. The van der Waals surface area contributed by atoms with Crippen molar-refractivity contribution >= 4 is 5.91 Å². The monoisotopic (exact) mass is 279 g/mol. The van der Waals surface area contributed by atoms with Gasteiger partial charge >= 0.3 is 0 Å². The smallest absolute Gasteiger partial charge is 0.254 e. The van der Waals surface area contributed by atoms with E-state index in [1.807, 2.05) is 0 Å². The number of hydrogen-bond acceptors (Lipinski definition) is 1. The maximum Gasteiger partial charge on any atom is 0.254 e. The average molecular weight is 279 g/mol. The lowest BCUT2D eigenvalue weighted by atomic mass is 10.1. The maximum atomic E-state index is 13.7. The molecule has 0 spiro atoms. The summed E-state index contributed by atoms with van der Waals surface area (Å²) < 4.78 is 39.5. The standard InChI is InChI=1S/C15H12F3NO/c1-9-3-2-4-11(14(9)18)15(20)19-8-10-5-6-12(16)13(17)7-10/h2-7H,8H2,1H3,(H,19,20). The Kier molecular flexibility index (Phi) is 4.08. The van der Waals surface area contributed by atoms with Gasteiger partial charge in [0.15, 0.2) is 11.6 Å². The molecule has 20 heavy (non-hydrogen) atoms. The number of nitrogens with one attached hydrogen (secondary N) is 1. The molecule has 2 rings (SSSR count). The quantitative estimate of drug-likeness (QED) is 0.917. The SMILES string of the molecule is Cc1cccc(C(=O)NCc2ccc(F)c(F)c2)c1F. The largest absolute Gasteiger partial charge is 0.348 e. The molecule has 0 fully saturated rings. The third-order valence-electron chi connectivity index (χ3n) is 2.87. The molecule has 0 bridgehead atoms. The predicted molar refractivity (Wildman–Crippen MR) is 68.7 cm³/mol. The molecule has 0 aliphatic rings. The molecule has 0 saturated heterocycles. The second-order valence-corrected chi connectivity index (χ2v) is 4.37. The zero-order valence-electron chi connectivity index (χ0n) is 10.7. The normalized spacial score (nSPS) is 10.4. The van der Waals surface area contributed by atoms with E-state index in [0.717, 1.165) is 12.1 Å². The van der Waals surface area contributed by atoms with Crippen LogP contribution < -0.4 is 5.32 Å². The summed E-state index contributed by atoms with van der Waals surface area (Å²) in [5.41, 5.74) is 0.684. The molecule has 1 N–H and O–H groups in total. The van der Waals surface area contributed by atoms with Crippen molar-refractivity contribution in [3.63, 3.8) is 0 Å². The zero-order valence-corrected chi connectivity index (χ0v) is 10.7. The fourth-order valence-electron chi connectivity index (χ4n) is 1.75. The summed E-state index contributed by atoms with van der Waals surface area (Å²) in [6.07, 6.45) is 0. The van der Waals surface area contributed by atoms with E-state index in [-0.39, 0.29) is 12.1 Å². The van der Waals surface area contributed by atoms with Gasteiger partial charge in [-0.25, -0.2) is 13.2 Å². The Balaban J connectivity index is 2.08. The first-order valence-electron chi connectivity index (χ1n) is 5.96. The van der Waals surface area contributed by atoms with Crippen molar-refractivity contribution in [3.05, 3.63) is 70.5 Å². The van der Waals surface area contributed by atoms with Crippen LogP contribution in [0.15, 0.2) is 36.4 Å². The van der Waals surface area contributed by atoms with Crippen LogP contribution in [0.2, 0.25) is 0 Å². The van der Waals surface area contributed by atoms with Crippen LogP contribution in [0.25, 0.3) is 0 Å². The summed E-state index contributed by atoms with van der Waals surface area (Å²) in [4.78, 5) is 11.8. The minimum absolute atomic E-state index is 0.0105. The maximum absolute atomic E-state index is 13.7. The zero-order chi connectivity index (χ0) is 14.7. The van der Waals surface area contributed by atoms with Crippen molar-refractivity contribution in [1.82, 2.24) is 5.32 Å². The van der Waals surface area contributed by atoms with Crippen molar-refractivity contribution < 1.29 is 18.0 Å². The fourth-order valence-corrected chi connectivity index (χ4v) is 1.75. The highest BCUT2D eigenvalue weighted by molar-refractivity contribution is 5.94. The lowest BCUT2D eigenvalue weighted by Gasteiger charge is -2.07. The lowest BCUT2D eigenvalue weighted by molar-refractivity contribution is 0.0946. The molecule has 0 radical (unpaired) electrons. The second kappa shape index (κ2) is 5.77. The van der Waals surface area contributed by atoms with Crippen LogP contribution >= 0.6 is 0 Å². The van der Waals surface area contributed by atoms with Gasteiger partial charge in [0.25, 0.3) is 5.91 Å². The number of halogens is 3. The first-order valence-corrected chi connectivity index (χ1v) is 5.96. The molecule has 0 atom stereocenters. The summed E-state index contributed by atoms with van der Waals surface area (Å²) >= 11 is 0. The first kappa shape index (κ1) is 14.1. The van der Waals surface area contributed by atoms with Crippen molar-refractivity contribution in [1.29, 1.82) is 0 Å². The summed E-state index contributed by atoms with van der Waals surface area (Å²) in [7, 11) is 0. The Bertz CT molecular complexity index is 656. The summed E-state index contributed by atoms with van der Waals surface area (Å²) in [6, 6.07) is 7.81. The van der Waals surface area contributed by atoms with Crippen LogP contribution in [-0.2, 0) is 6.54 Å². The molecule has 0 unspecified atom stereocenters. The Hall–Kier alpha value is -2.30. The van der Waals surface area contributed by atoms with E-state index in [4.69, 9.17) is 0 Å². The van der Waals surface area contributed by atoms with Crippen LogP contribution in [0.3, 0.4) is 0 Å². The van der Waals surface area contributed by atoms with E-state index in [1.54, 1.807) is 19.1 Å². The lowest BCUT2D eigenvalue weighted by Crippen LogP contribution is -2.24. The second-order valence-electron chi connectivity index (χ2n) is 4.37. The van der Waals surface area contributed by atoms with E-state index in [0.29, 0.717) is 11.1 Å². The van der Waals surface area contributed by atoms with E-state index in [2.05, 4.69) is 5.32 Å². The first-order chi connectivity index (χ1) is 9.49. The number of hydrogen-bond donors (Lipinski definition) is 1. The molecule has 1 amide bonds. The summed E-state index contributed by atoms with van der Waals surface area (Å²) in [5.74, 6) is -3.13. The molecular formula is C15H12F3NO. The third-order valence-corrected chi connectivity index (χ3v) is 2.87. The van der Waals surface area contributed by atoms with Gasteiger partial charge in [-0.3, -0.25) is 4.79 Å². The third kappa shape index (κ3) is 2.99. The van der Waals surface area contributed by atoms with Crippen LogP contribution in [0.1, 0.15) is 21.5 Å². The molecule has 104 valence electrons. The Labute approximate surface area is 114 Å². The molecular weight excluding hydrogens is 267 g/mol. The Morgan fingerprint density at radius 3 is 2.55 bits per heavy atom. The van der Waals surface area contributed by atoms with Gasteiger partial charge in [0.1, 0.15) is 5.82 Å². The van der Waals surface area contributed by atoms with Crippen LogP contribution in [0.5, 0.6) is 0 Å². The van der Waals surface area contributed by atoms with Gasteiger partial charge in [-0.1, -0.05) is 18.2 Å². The molecule has 5 heteroatoms. The van der Waals surface area contributed by atoms with E-state index >= 15 is 0 Å². The van der Waals surface area contributed by atoms with Crippen LogP contribution in [-0.4, -0.2) is 5.91 Å². The molecule has 0 aliphatic carbocycles. The highest BCUT2D eigenvalue weighted by Crippen LogP contribution is 2.12. The van der Waals surface area contributed by atoms with E-state index in [9.17, 15) is 18.0 Å². The minimum Gasteiger partial charge on any atom is -0.348 e. The highest BCUT2D eigenvalue weighted by Gasteiger charge is 2.13. The van der Waals surface area contributed by atoms with Crippen molar-refractivity contribution in [2.24, 2.45) is 0 Å². The predicted octanol–water partition coefficient (Wildman–Crippen LogP) is 3.34. The number of amides is 1. The van der Waals surface area contributed by atoms with Gasteiger partial charge in [0, 0.05) is 6.54 Å². The molecule has 2 aromatic rings. The topological polar surface area (TPSA) is 29.1 Å². The van der Waals surface area contributed by atoms with Gasteiger partial charge < -0.3 is 5.32 Å². The van der Waals surface area contributed by atoms with Crippen LogP contribution in [0, 0.1) is 24.4 Å². The van der Waals surface area contributed by atoms with Gasteiger partial charge in [0.2, 0.25) is 0 Å². The molecule has 0 heterocycles.